The fourth-order valence-corrected chi connectivity index (χ4v) is 3.32. The zero-order valence-electron chi connectivity index (χ0n) is 19.1. The quantitative estimate of drug-likeness (QED) is 0.526. The van der Waals surface area contributed by atoms with Crippen molar-refractivity contribution in [3.63, 3.8) is 0 Å². The number of nitrogens with zero attached hydrogens (tertiary/aromatic N) is 4. The van der Waals surface area contributed by atoms with E-state index in [1.165, 1.54) is 6.20 Å². The molecule has 0 spiro atoms. The highest BCUT2D eigenvalue weighted by Gasteiger charge is 2.20. The lowest BCUT2D eigenvalue weighted by molar-refractivity contribution is -0.122. The van der Waals surface area contributed by atoms with Crippen molar-refractivity contribution in [2.24, 2.45) is 0 Å². The van der Waals surface area contributed by atoms with Crippen molar-refractivity contribution >= 4 is 11.8 Å². The van der Waals surface area contributed by atoms with Gasteiger partial charge < -0.3 is 19.5 Å². The van der Waals surface area contributed by atoms with Crippen LogP contribution in [0.4, 0.5) is 0 Å². The standard InChI is InChI=1S/C23H35N5O3/c1-5-27(6-2)12-7-9-18(3)26-22(29)11-13-28(17-20-10-8-14-31-20)23(30)21-16-24-19(4)15-25-21/h8,10,14-16,18H,5-7,9,11-13,17H2,1-4H3,(H,26,29)/t18-/m1/s1. The van der Waals surface area contributed by atoms with Gasteiger partial charge in [0.1, 0.15) is 11.5 Å². The van der Waals surface area contributed by atoms with Crippen molar-refractivity contribution in [2.45, 2.75) is 59.5 Å². The SMILES string of the molecule is CCN(CC)CCC[C@@H](C)NC(=O)CCN(Cc1ccco1)C(=O)c1cnc(C)cn1. The van der Waals surface area contributed by atoms with Crippen molar-refractivity contribution in [2.75, 3.05) is 26.2 Å². The lowest BCUT2D eigenvalue weighted by Gasteiger charge is -2.22. The van der Waals surface area contributed by atoms with E-state index in [0.29, 0.717) is 5.76 Å². The molecule has 0 radical (unpaired) electrons. The van der Waals surface area contributed by atoms with Crippen LogP contribution in [0.15, 0.2) is 35.2 Å². The molecule has 170 valence electrons. The first kappa shape index (κ1) is 24.5. The molecule has 0 saturated carbocycles. The molecule has 2 heterocycles. The second-order valence-electron chi connectivity index (χ2n) is 7.74. The highest BCUT2D eigenvalue weighted by molar-refractivity contribution is 5.92. The van der Waals surface area contributed by atoms with Gasteiger partial charge in [-0.05, 0) is 58.5 Å². The maximum Gasteiger partial charge on any atom is 0.274 e. The fourth-order valence-electron chi connectivity index (χ4n) is 3.32. The number of aromatic nitrogens is 2. The van der Waals surface area contributed by atoms with Gasteiger partial charge in [0.15, 0.2) is 0 Å². The predicted molar refractivity (Wildman–Crippen MR) is 119 cm³/mol. The topological polar surface area (TPSA) is 91.6 Å². The monoisotopic (exact) mass is 429 g/mol. The van der Waals surface area contributed by atoms with Crippen LogP contribution in [0.25, 0.3) is 0 Å². The number of aryl methyl sites for hydroxylation is 1. The molecular weight excluding hydrogens is 394 g/mol. The van der Waals surface area contributed by atoms with E-state index in [1.54, 1.807) is 29.5 Å². The Morgan fingerprint density at radius 1 is 1.16 bits per heavy atom. The first-order valence-corrected chi connectivity index (χ1v) is 11.0. The van der Waals surface area contributed by atoms with Crippen molar-refractivity contribution in [1.82, 2.24) is 25.1 Å². The summed E-state index contributed by atoms with van der Waals surface area (Å²) in [5.74, 6) is 0.310. The summed E-state index contributed by atoms with van der Waals surface area (Å²) in [6, 6.07) is 3.68. The molecule has 0 saturated heterocycles. The lowest BCUT2D eigenvalue weighted by Crippen LogP contribution is -2.38. The van der Waals surface area contributed by atoms with Gasteiger partial charge in [0.05, 0.1) is 24.7 Å². The summed E-state index contributed by atoms with van der Waals surface area (Å²) < 4.78 is 5.39. The van der Waals surface area contributed by atoms with E-state index in [2.05, 4.69) is 34.0 Å². The van der Waals surface area contributed by atoms with Crippen LogP contribution in [0.5, 0.6) is 0 Å². The Hall–Kier alpha value is -2.74. The van der Waals surface area contributed by atoms with Crippen LogP contribution in [-0.4, -0.2) is 63.8 Å². The van der Waals surface area contributed by atoms with Crippen molar-refractivity contribution in [1.29, 1.82) is 0 Å². The maximum atomic E-state index is 12.9. The highest BCUT2D eigenvalue weighted by Crippen LogP contribution is 2.10. The molecule has 8 nitrogen and oxygen atoms in total. The Kier molecular flexibility index (Phi) is 10.2. The third kappa shape index (κ3) is 8.49. The molecule has 0 aliphatic carbocycles. The van der Waals surface area contributed by atoms with Crippen LogP contribution in [-0.2, 0) is 11.3 Å². The Morgan fingerprint density at radius 2 is 1.94 bits per heavy atom. The van der Waals surface area contributed by atoms with Gasteiger partial charge in [0, 0.05) is 25.2 Å². The molecule has 0 aromatic carbocycles. The second-order valence-corrected chi connectivity index (χ2v) is 7.74. The summed E-state index contributed by atoms with van der Waals surface area (Å²) in [6.45, 7) is 11.8. The number of amides is 2. The number of carbonyl (C=O) groups is 2. The first-order valence-electron chi connectivity index (χ1n) is 11.0. The number of carbonyl (C=O) groups excluding carboxylic acids is 2. The summed E-state index contributed by atoms with van der Waals surface area (Å²) in [5.41, 5.74) is 0.992. The second kappa shape index (κ2) is 12.8. The lowest BCUT2D eigenvalue weighted by atomic mass is 10.1. The Balaban J connectivity index is 1.88. The minimum Gasteiger partial charge on any atom is -0.467 e. The van der Waals surface area contributed by atoms with E-state index in [-0.39, 0.29) is 43.1 Å². The summed E-state index contributed by atoms with van der Waals surface area (Å²) in [4.78, 5) is 37.7. The summed E-state index contributed by atoms with van der Waals surface area (Å²) in [6.07, 6.45) is 6.77. The third-order valence-corrected chi connectivity index (χ3v) is 5.24. The zero-order chi connectivity index (χ0) is 22.6. The van der Waals surface area contributed by atoms with Gasteiger partial charge in [-0.25, -0.2) is 4.98 Å². The Labute approximate surface area is 185 Å². The van der Waals surface area contributed by atoms with E-state index in [9.17, 15) is 9.59 Å². The van der Waals surface area contributed by atoms with Crippen LogP contribution in [0.1, 0.15) is 62.0 Å². The Morgan fingerprint density at radius 3 is 2.55 bits per heavy atom. The normalized spacial score (nSPS) is 12.0. The van der Waals surface area contributed by atoms with Crippen LogP contribution in [0.3, 0.4) is 0 Å². The molecular formula is C23H35N5O3. The van der Waals surface area contributed by atoms with E-state index in [4.69, 9.17) is 4.42 Å². The molecule has 2 amide bonds. The summed E-state index contributed by atoms with van der Waals surface area (Å²) >= 11 is 0. The molecule has 2 aromatic heterocycles. The van der Waals surface area contributed by atoms with Gasteiger partial charge in [0.25, 0.3) is 5.91 Å². The van der Waals surface area contributed by atoms with E-state index < -0.39 is 0 Å². The minimum absolute atomic E-state index is 0.0671. The summed E-state index contributed by atoms with van der Waals surface area (Å²) in [7, 11) is 0. The molecule has 0 unspecified atom stereocenters. The van der Waals surface area contributed by atoms with Crippen molar-refractivity contribution in [3.8, 4) is 0 Å². The third-order valence-electron chi connectivity index (χ3n) is 5.24. The highest BCUT2D eigenvalue weighted by atomic mass is 16.3. The van der Waals surface area contributed by atoms with Crippen LogP contribution in [0.2, 0.25) is 0 Å². The largest absolute Gasteiger partial charge is 0.467 e. The Bertz CT molecular complexity index is 788. The van der Waals surface area contributed by atoms with Crippen LogP contribution < -0.4 is 5.32 Å². The molecule has 0 fully saturated rings. The van der Waals surface area contributed by atoms with Gasteiger partial charge in [-0.15, -0.1) is 0 Å². The molecule has 2 aromatic rings. The molecule has 8 heteroatoms. The fraction of sp³-hybridized carbons (Fsp3) is 0.565. The zero-order valence-corrected chi connectivity index (χ0v) is 19.1. The van der Waals surface area contributed by atoms with E-state index in [0.717, 1.165) is 38.2 Å². The average Bonchev–Trinajstić information content (AvgIpc) is 3.27. The molecule has 0 aliphatic heterocycles. The molecule has 2 rings (SSSR count). The molecule has 1 N–H and O–H groups in total. The van der Waals surface area contributed by atoms with Gasteiger partial charge in [0.2, 0.25) is 5.91 Å². The van der Waals surface area contributed by atoms with Gasteiger partial charge in [-0.3, -0.25) is 14.6 Å². The minimum atomic E-state index is -0.274. The van der Waals surface area contributed by atoms with E-state index >= 15 is 0 Å². The number of furan rings is 1. The number of hydrogen-bond donors (Lipinski definition) is 1. The number of rotatable bonds is 13. The number of hydrogen-bond acceptors (Lipinski definition) is 6. The van der Waals surface area contributed by atoms with Gasteiger partial charge >= 0.3 is 0 Å². The first-order chi connectivity index (χ1) is 14.9. The van der Waals surface area contributed by atoms with E-state index in [1.807, 2.05) is 13.8 Å². The molecule has 0 bridgehead atoms. The summed E-state index contributed by atoms with van der Waals surface area (Å²) in [5, 5.41) is 3.04. The van der Waals surface area contributed by atoms with Crippen LogP contribution in [0, 0.1) is 6.92 Å². The predicted octanol–water partition coefficient (Wildman–Crippen LogP) is 3.04. The maximum absolute atomic E-state index is 12.9. The van der Waals surface area contributed by atoms with Crippen LogP contribution >= 0.6 is 0 Å². The van der Waals surface area contributed by atoms with Crippen molar-refractivity contribution < 1.29 is 14.0 Å². The number of nitrogens with one attached hydrogen (secondary N) is 1. The molecule has 0 aliphatic rings. The van der Waals surface area contributed by atoms with Gasteiger partial charge in [-0.1, -0.05) is 13.8 Å². The molecule has 31 heavy (non-hydrogen) atoms. The molecule has 1 atom stereocenters. The van der Waals surface area contributed by atoms with Crippen molar-refractivity contribution in [3.05, 3.63) is 47.9 Å². The smallest absolute Gasteiger partial charge is 0.274 e. The van der Waals surface area contributed by atoms with Gasteiger partial charge in [-0.2, -0.15) is 0 Å². The average molecular weight is 430 g/mol.